The van der Waals surface area contributed by atoms with Crippen molar-refractivity contribution >= 4 is 45.1 Å². The third-order valence-corrected chi connectivity index (χ3v) is 2.73. The number of benzene rings is 1. The molecule has 0 aliphatic rings. The topological polar surface area (TPSA) is 41.6 Å². The molecule has 0 saturated heterocycles. The summed E-state index contributed by atoms with van der Waals surface area (Å²) in [5, 5.41) is 2.35. The highest BCUT2D eigenvalue weighted by atomic mass is 35.5. The quantitative estimate of drug-likeness (QED) is 0.481. The van der Waals surface area contributed by atoms with Crippen molar-refractivity contribution < 1.29 is 0 Å². The molecule has 3 rings (SSSR count). The Morgan fingerprint density at radius 1 is 1.07 bits per heavy atom. The van der Waals surface area contributed by atoms with Crippen LogP contribution in [0.25, 0.3) is 21.9 Å². The molecule has 1 N–H and O–H groups in total. The molecule has 0 aliphatic carbocycles. The van der Waals surface area contributed by atoms with Crippen molar-refractivity contribution in [2.24, 2.45) is 0 Å². The van der Waals surface area contributed by atoms with E-state index in [2.05, 4.69) is 15.0 Å². The number of fused-ring (bicyclic) bond motifs is 3. The molecule has 3 nitrogen and oxygen atoms in total. The molecule has 0 amide bonds. The van der Waals surface area contributed by atoms with Gasteiger partial charge >= 0.3 is 0 Å². The van der Waals surface area contributed by atoms with Gasteiger partial charge in [-0.15, -0.1) is 0 Å². The van der Waals surface area contributed by atoms with Crippen molar-refractivity contribution in [2.75, 3.05) is 0 Å². The van der Waals surface area contributed by atoms with E-state index in [1.54, 1.807) is 0 Å². The first-order chi connectivity index (χ1) is 7.25. The summed E-state index contributed by atoms with van der Waals surface area (Å²) in [7, 11) is 0. The molecule has 2 aromatic heterocycles. The lowest BCUT2D eigenvalue weighted by atomic mass is 10.2. The first kappa shape index (κ1) is 8.95. The minimum atomic E-state index is 0.152. The van der Waals surface area contributed by atoms with Crippen LogP contribution in [0.1, 0.15) is 0 Å². The third kappa shape index (κ3) is 1.28. The van der Waals surface area contributed by atoms with E-state index in [1.807, 2.05) is 24.3 Å². The van der Waals surface area contributed by atoms with E-state index >= 15 is 0 Å². The highest BCUT2D eigenvalue weighted by molar-refractivity contribution is 6.37. The average Bonchev–Trinajstić information content (AvgIpc) is 2.54. The maximum Gasteiger partial charge on any atom is 0.225 e. The first-order valence-corrected chi connectivity index (χ1v) is 5.11. The van der Waals surface area contributed by atoms with E-state index < -0.39 is 0 Å². The largest absolute Gasteiger partial charge is 0.339 e. The zero-order valence-electron chi connectivity index (χ0n) is 7.46. The molecule has 0 bridgehead atoms. The molecule has 15 heavy (non-hydrogen) atoms. The number of nitrogens with one attached hydrogen (secondary N) is 1. The van der Waals surface area contributed by atoms with Crippen LogP contribution < -0.4 is 0 Å². The van der Waals surface area contributed by atoms with E-state index in [4.69, 9.17) is 23.2 Å². The van der Waals surface area contributed by atoms with Crippen LogP contribution in [0.5, 0.6) is 0 Å². The molecular formula is C10H5Cl2N3. The van der Waals surface area contributed by atoms with Crippen molar-refractivity contribution in [3.8, 4) is 0 Å². The predicted octanol–water partition coefficient (Wildman–Crippen LogP) is 3.42. The molecule has 74 valence electrons. The Hall–Kier alpha value is -1.32. The molecule has 0 saturated carbocycles. The molecule has 3 aromatic rings. The van der Waals surface area contributed by atoms with Crippen molar-refractivity contribution in [3.05, 3.63) is 34.7 Å². The molecule has 0 atom stereocenters. The maximum absolute atomic E-state index is 6.03. The lowest BCUT2D eigenvalue weighted by Gasteiger charge is -1.94. The van der Waals surface area contributed by atoms with Crippen molar-refractivity contribution in [1.82, 2.24) is 15.0 Å². The first-order valence-electron chi connectivity index (χ1n) is 4.35. The number of halogens is 2. The normalized spacial score (nSPS) is 11.3. The van der Waals surface area contributed by atoms with Crippen LogP contribution in [0, 0.1) is 0 Å². The molecular weight excluding hydrogens is 233 g/mol. The number of aromatic amines is 1. The van der Waals surface area contributed by atoms with Crippen LogP contribution in [0.3, 0.4) is 0 Å². The summed E-state index contributed by atoms with van der Waals surface area (Å²) in [5.74, 6) is 0. The monoisotopic (exact) mass is 237 g/mol. The molecule has 0 fully saturated rings. The molecule has 0 unspecified atom stereocenters. The minimum absolute atomic E-state index is 0.152. The van der Waals surface area contributed by atoms with Crippen LogP contribution in [-0.4, -0.2) is 15.0 Å². The van der Waals surface area contributed by atoms with Crippen LogP contribution in [0.2, 0.25) is 10.4 Å². The number of rotatable bonds is 0. The van der Waals surface area contributed by atoms with Gasteiger partial charge in [0.15, 0.2) is 0 Å². The van der Waals surface area contributed by atoms with Gasteiger partial charge in [-0.25, -0.2) is 4.98 Å². The summed E-state index contributed by atoms with van der Waals surface area (Å²) in [5.41, 5.74) is 1.65. The number of para-hydroxylation sites is 1. The Labute approximate surface area is 95.0 Å². The molecule has 5 heteroatoms. The van der Waals surface area contributed by atoms with E-state index in [9.17, 15) is 0 Å². The second-order valence-corrected chi connectivity index (χ2v) is 3.87. The standard InChI is InChI=1S/C10H5Cl2N3/c11-8-7-5-3-1-2-4-6(5)13-9(7)15-10(12)14-8/h1-4H,(H,13,14,15). The molecule has 0 spiro atoms. The molecule has 1 aromatic carbocycles. The fourth-order valence-electron chi connectivity index (χ4n) is 1.67. The lowest BCUT2D eigenvalue weighted by molar-refractivity contribution is 1.21. The van der Waals surface area contributed by atoms with Crippen LogP contribution in [0.15, 0.2) is 24.3 Å². The van der Waals surface area contributed by atoms with Gasteiger partial charge in [0.25, 0.3) is 0 Å². The number of H-pyrrole nitrogens is 1. The summed E-state index contributed by atoms with van der Waals surface area (Å²) in [6, 6.07) is 7.82. The molecule has 0 aliphatic heterocycles. The van der Waals surface area contributed by atoms with E-state index in [1.165, 1.54) is 0 Å². The highest BCUT2D eigenvalue weighted by Crippen LogP contribution is 2.29. The summed E-state index contributed by atoms with van der Waals surface area (Å²) >= 11 is 11.8. The minimum Gasteiger partial charge on any atom is -0.339 e. The fourth-order valence-corrected chi connectivity index (χ4v) is 2.16. The Balaban J connectivity index is 2.61. The molecule has 0 radical (unpaired) electrons. The number of nitrogens with zero attached hydrogens (tertiary/aromatic N) is 2. The smallest absolute Gasteiger partial charge is 0.225 e. The summed E-state index contributed by atoms with van der Waals surface area (Å²) in [6.07, 6.45) is 0. The predicted molar refractivity (Wildman–Crippen MR) is 61.4 cm³/mol. The summed E-state index contributed by atoms with van der Waals surface area (Å²) in [6.45, 7) is 0. The third-order valence-electron chi connectivity index (χ3n) is 2.29. The Kier molecular flexibility index (Phi) is 1.84. The van der Waals surface area contributed by atoms with Gasteiger partial charge in [0.1, 0.15) is 10.8 Å². The Morgan fingerprint density at radius 2 is 1.87 bits per heavy atom. The van der Waals surface area contributed by atoms with Crippen LogP contribution in [0.4, 0.5) is 0 Å². The number of aromatic nitrogens is 3. The van der Waals surface area contributed by atoms with E-state index in [-0.39, 0.29) is 5.28 Å². The van der Waals surface area contributed by atoms with Crippen molar-refractivity contribution in [1.29, 1.82) is 0 Å². The van der Waals surface area contributed by atoms with E-state index in [0.29, 0.717) is 10.8 Å². The molecule has 2 heterocycles. The summed E-state index contributed by atoms with van der Waals surface area (Å²) in [4.78, 5) is 11.2. The fraction of sp³-hybridized carbons (Fsp3) is 0. The van der Waals surface area contributed by atoms with Gasteiger partial charge in [-0.2, -0.15) is 4.98 Å². The van der Waals surface area contributed by atoms with Gasteiger partial charge in [0.2, 0.25) is 5.28 Å². The van der Waals surface area contributed by atoms with Gasteiger partial charge < -0.3 is 4.98 Å². The van der Waals surface area contributed by atoms with Gasteiger partial charge in [-0.3, -0.25) is 0 Å². The Bertz CT molecular complexity index is 660. The average molecular weight is 238 g/mol. The van der Waals surface area contributed by atoms with Crippen molar-refractivity contribution in [3.63, 3.8) is 0 Å². The van der Waals surface area contributed by atoms with Crippen molar-refractivity contribution in [2.45, 2.75) is 0 Å². The zero-order valence-corrected chi connectivity index (χ0v) is 8.97. The number of hydrogen-bond donors (Lipinski definition) is 1. The second-order valence-electron chi connectivity index (χ2n) is 3.18. The highest BCUT2D eigenvalue weighted by Gasteiger charge is 2.10. The second kappa shape index (κ2) is 3.08. The SMILES string of the molecule is Clc1nc(Cl)c2c(n1)[nH]c1ccccc12. The van der Waals surface area contributed by atoms with E-state index in [0.717, 1.165) is 16.3 Å². The van der Waals surface area contributed by atoms with Gasteiger partial charge in [0.05, 0.1) is 5.39 Å². The Morgan fingerprint density at radius 3 is 2.73 bits per heavy atom. The van der Waals surface area contributed by atoms with Gasteiger partial charge in [-0.05, 0) is 17.7 Å². The van der Waals surface area contributed by atoms with Gasteiger partial charge in [0, 0.05) is 10.9 Å². The number of hydrogen-bond acceptors (Lipinski definition) is 2. The van der Waals surface area contributed by atoms with Gasteiger partial charge in [-0.1, -0.05) is 29.8 Å². The van der Waals surface area contributed by atoms with Crippen LogP contribution >= 0.6 is 23.2 Å². The lowest BCUT2D eigenvalue weighted by Crippen LogP contribution is -1.84. The zero-order chi connectivity index (χ0) is 10.4. The summed E-state index contributed by atoms with van der Waals surface area (Å²) < 4.78 is 0. The maximum atomic E-state index is 6.03. The van der Waals surface area contributed by atoms with Crippen LogP contribution in [-0.2, 0) is 0 Å².